The smallest absolute Gasteiger partial charge is 0.255 e. The molecule has 1 aliphatic rings. The number of nitrogens with one attached hydrogen (secondary N) is 1. The predicted octanol–water partition coefficient (Wildman–Crippen LogP) is 3.88. The minimum atomic E-state index is -1.88. The molecule has 1 saturated heterocycles. The number of carbonyl (C=O) groups is 2. The number of benzene rings is 2. The Bertz CT molecular complexity index is 1200. The second-order valence-electron chi connectivity index (χ2n) is 8.86. The van der Waals surface area contributed by atoms with Crippen molar-refractivity contribution in [2.75, 3.05) is 13.1 Å². The van der Waals surface area contributed by atoms with E-state index in [9.17, 15) is 24.2 Å². The molecule has 0 bridgehead atoms. The lowest BCUT2D eigenvalue weighted by atomic mass is 10.0. The zero-order chi connectivity index (χ0) is 25.7. The molecule has 190 valence electrons. The van der Waals surface area contributed by atoms with Gasteiger partial charge in [-0.3, -0.25) is 9.59 Å². The van der Waals surface area contributed by atoms with Crippen molar-refractivity contribution in [1.29, 1.82) is 0 Å². The third-order valence-electron chi connectivity index (χ3n) is 6.34. The van der Waals surface area contributed by atoms with Crippen LogP contribution in [0.25, 0.3) is 0 Å². The van der Waals surface area contributed by atoms with E-state index in [-0.39, 0.29) is 18.4 Å². The number of likely N-dealkylation sites (tertiary alicyclic amines) is 1. The molecular weight excluding hydrogens is 503 g/mol. The van der Waals surface area contributed by atoms with Crippen LogP contribution in [0.1, 0.15) is 40.5 Å². The van der Waals surface area contributed by atoms with Gasteiger partial charge >= 0.3 is 0 Å². The third kappa shape index (κ3) is 6.31. The van der Waals surface area contributed by atoms with Crippen LogP contribution >= 0.6 is 22.9 Å². The molecule has 0 saturated carbocycles. The summed E-state index contributed by atoms with van der Waals surface area (Å²) in [5, 5.41) is 26.1. The highest BCUT2D eigenvalue weighted by Gasteiger charge is 2.38. The van der Waals surface area contributed by atoms with Crippen molar-refractivity contribution in [2.45, 2.75) is 43.9 Å². The first-order chi connectivity index (χ1) is 17.3. The molecule has 6 nitrogen and oxygen atoms in total. The van der Waals surface area contributed by atoms with Crippen LogP contribution < -0.4 is 5.32 Å². The molecule has 2 aromatic carbocycles. The summed E-state index contributed by atoms with van der Waals surface area (Å²) in [6, 6.07) is 15.2. The minimum absolute atomic E-state index is 0.255. The first-order valence-corrected chi connectivity index (χ1v) is 13.1. The maximum Gasteiger partial charge on any atom is 0.255 e. The number of hydrogen-bond acceptors (Lipinski definition) is 5. The third-order valence-corrected chi connectivity index (χ3v) is 7.76. The number of halogens is 2. The largest absolute Gasteiger partial charge is 0.380 e. The van der Waals surface area contributed by atoms with Gasteiger partial charge < -0.3 is 20.4 Å². The van der Waals surface area contributed by atoms with E-state index in [1.54, 1.807) is 23.5 Å². The van der Waals surface area contributed by atoms with Gasteiger partial charge in [0.15, 0.2) is 12.2 Å². The summed E-state index contributed by atoms with van der Waals surface area (Å²) in [7, 11) is 0. The summed E-state index contributed by atoms with van der Waals surface area (Å²) in [6.45, 7) is 0.645. The van der Waals surface area contributed by atoms with Gasteiger partial charge in [0.1, 0.15) is 5.82 Å². The SMILES string of the molecule is O=C(NCCc1cc(Cc2ccccc2Cl)cs1)[C@H](O)[C@@H](O)C(=O)N1CCCC1c1ccc(F)cc1. The Hall–Kier alpha value is -2.78. The van der Waals surface area contributed by atoms with Crippen molar-refractivity contribution in [3.8, 4) is 0 Å². The molecule has 3 atom stereocenters. The van der Waals surface area contributed by atoms with Gasteiger partial charge in [-0.15, -0.1) is 11.3 Å². The summed E-state index contributed by atoms with van der Waals surface area (Å²) >= 11 is 7.81. The van der Waals surface area contributed by atoms with Crippen LogP contribution in [0.4, 0.5) is 4.39 Å². The number of aliphatic hydroxyl groups is 2. The van der Waals surface area contributed by atoms with Crippen LogP contribution in [0.3, 0.4) is 0 Å². The molecule has 0 aliphatic carbocycles. The van der Waals surface area contributed by atoms with E-state index in [4.69, 9.17) is 11.6 Å². The van der Waals surface area contributed by atoms with Crippen molar-refractivity contribution < 1.29 is 24.2 Å². The summed E-state index contributed by atoms with van der Waals surface area (Å²) in [4.78, 5) is 27.8. The average molecular weight is 531 g/mol. The Morgan fingerprint density at radius 2 is 1.89 bits per heavy atom. The van der Waals surface area contributed by atoms with Crippen molar-refractivity contribution in [3.05, 3.63) is 92.4 Å². The Balaban J connectivity index is 1.27. The summed E-state index contributed by atoms with van der Waals surface area (Å²) in [5.74, 6) is -1.89. The number of amides is 2. The van der Waals surface area contributed by atoms with E-state index in [0.29, 0.717) is 32.2 Å². The molecule has 2 heterocycles. The molecule has 1 fully saturated rings. The maximum absolute atomic E-state index is 13.3. The normalized spacial score (nSPS) is 17.1. The van der Waals surface area contributed by atoms with Crippen molar-refractivity contribution in [2.24, 2.45) is 0 Å². The number of rotatable bonds is 9. The predicted molar refractivity (Wildman–Crippen MR) is 137 cm³/mol. The second-order valence-corrected chi connectivity index (χ2v) is 10.3. The van der Waals surface area contributed by atoms with Gasteiger partial charge in [-0.05, 0) is 72.0 Å². The van der Waals surface area contributed by atoms with Crippen LogP contribution in [-0.4, -0.2) is 52.2 Å². The summed E-state index contributed by atoms with van der Waals surface area (Å²) in [5.41, 5.74) is 2.91. The molecule has 2 amide bonds. The molecule has 3 N–H and O–H groups in total. The van der Waals surface area contributed by atoms with Gasteiger partial charge in [-0.25, -0.2) is 4.39 Å². The fourth-order valence-electron chi connectivity index (χ4n) is 4.44. The van der Waals surface area contributed by atoms with E-state index in [1.807, 2.05) is 29.6 Å². The fourth-order valence-corrected chi connectivity index (χ4v) is 5.53. The van der Waals surface area contributed by atoms with Gasteiger partial charge in [0.2, 0.25) is 0 Å². The zero-order valence-electron chi connectivity index (χ0n) is 19.6. The number of nitrogens with zero attached hydrogens (tertiary/aromatic N) is 1. The molecule has 1 unspecified atom stereocenters. The Kier molecular flexibility index (Phi) is 8.74. The molecule has 3 aromatic rings. The van der Waals surface area contributed by atoms with Crippen LogP contribution in [0.2, 0.25) is 5.02 Å². The first kappa shape index (κ1) is 26.3. The highest BCUT2D eigenvalue weighted by molar-refractivity contribution is 7.10. The highest BCUT2D eigenvalue weighted by Crippen LogP contribution is 2.32. The number of aliphatic hydroxyl groups excluding tert-OH is 2. The summed E-state index contributed by atoms with van der Waals surface area (Å²) in [6.07, 6.45) is -1.13. The molecule has 1 aliphatic heterocycles. The number of hydrogen-bond donors (Lipinski definition) is 3. The van der Waals surface area contributed by atoms with E-state index < -0.39 is 24.0 Å². The zero-order valence-corrected chi connectivity index (χ0v) is 21.1. The van der Waals surface area contributed by atoms with E-state index in [0.717, 1.165) is 26.6 Å². The quantitative estimate of drug-likeness (QED) is 0.392. The molecule has 0 spiro atoms. The van der Waals surface area contributed by atoms with Gasteiger partial charge in [-0.2, -0.15) is 0 Å². The molecule has 0 radical (unpaired) electrons. The lowest BCUT2D eigenvalue weighted by molar-refractivity contribution is -0.153. The lowest BCUT2D eigenvalue weighted by Gasteiger charge is -2.28. The topological polar surface area (TPSA) is 89.9 Å². The monoisotopic (exact) mass is 530 g/mol. The van der Waals surface area contributed by atoms with Crippen molar-refractivity contribution >= 4 is 34.8 Å². The van der Waals surface area contributed by atoms with Crippen LogP contribution in [0.5, 0.6) is 0 Å². The van der Waals surface area contributed by atoms with Gasteiger partial charge in [0.05, 0.1) is 6.04 Å². The Morgan fingerprint density at radius 3 is 2.64 bits per heavy atom. The Labute approximate surface area is 218 Å². The van der Waals surface area contributed by atoms with Gasteiger partial charge in [0, 0.05) is 23.0 Å². The fraction of sp³-hybridized carbons (Fsp3) is 0.333. The standard InChI is InChI=1S/C27H28ClFN2O4S/c28-22-5-2-1-4-19(22)14-17-15-21(36-16-17)11-12-30-26(34)24(32)25(33)27(35)31-13-3-6-23(31)18-7-9-20(29)10-8-18/h1-2,4-5,7-10,15-16,23-25,32-33H,3,6,11-14H2,(H,30,34)/t23?,24-,25-/m1/s1. The number of carbonyl (C=O) groups excluding carboxylic acids is 2. The maximum atomic E-state index is 13.3. The van der Waals surface area contributed by atoms with Crippen LogP contribution in [-0.2, 0) is 22.4 Å². The minimum Gasteiger partial charge on any atom is -0.380 e. The van der Waals surface area contributed by atoms with Crippen molar-refractivity contribution in [1.82, 2.24) is 10.2 Å². The molecule has 36 heavy (non-hydrogen) atoms. The summed E-state index contributed by atoms with van der Waals surface area (Å²) < 4.78 is 13.3. The van der Waals surface area contributed by atoms with Crippen molar-refractivity contribution in [3.63, 3.8) is 0 Å². The first-order valence-electron chi connectivity index (χ1n) is 11.8. The molecule has 9 heteroatoms. The van der Waals surface area contributed by atoms with Crippen LogP contribution in [0.15, 0.2) is 60.0 Å². The van der Waals surface area contributed by atoms with E-state index in [2.05, 4.69) is 11.4 Å². The van der Waals surface area contributed by atoms with E-state index in [1.165, 1.54) is 17.0 Å². The lowest BCUT2D eigenvalue weighted by Crippen LogP contribution is -2.50. The Morgan fingerprint density at radius 1 is 1.14 bits per heavy atom. The number of thiophene rings is 1. The molecule has 4 rings (SSSR count). The van der Waals surface area contributed by atoms with Gasteiger partial charge in [-0.1, -0.05) is 41.9 Å². The van der Waals surface area contributed by atoms with Gasteiger partial charge in [0.25, 0.3) is 11.8 Å². The van der Waals surface area contributed by atoms with E-state index >= 15 is 0 Å². The highest BCUT2D eigenvalue weighted by atomic mass is 35.5. The van der Waals surface area contributed by atoms with Crippen LogP contribution in [0, 0.1) is 5.82 Å². The second kappa shape index (κ2) is 12.0. The molecule has 1 aromatic heterocycles. The molecular formula is C27H28ClFN2O4S. The average Bonchev–Trinajstić information content (AvgIpc) is 3.54.